The van der Waals surface area contributed by atoms with Gasteiger partial charge in [-0.1, -0.05) is 6.92 Å². The van der Waals surface area contributed by atoms with Crippen LogP contribution in [-0.2, 0) is 4.79 Å². The van der Waals surface area contributed by atoms with E-state index >= 15 is 0 Å². The lowest BCUT2D eigenvalue weighted by Gasteiger charge is -2.19. The highest BCUT2D eigenvalue weighted by Gasteiger charge is 2.41. The van der Waals surface area contributed by atoms with Gasteiger partial charge in [-0.2, -0.15) is 0 Å². The van der Waals surface area contributed by atoms with Crippen LogP contribution in [0.3, 0.4) is 0 Å². The zero-order chi connectivity index (χ0) is 10.1. The molecule has 1 aliphatic carbocycles. The first-order valence-electron chi connectivity index (χ1n) is 4.90. The number of amides is 1. The summed E-state index contributed by atoms with van der Waals surface area (Å²) in [4.78, 5) is 11.3. The fourth-order valence-corrected chi connectivity index (χ4v) is 1.32. The molecule has 0 spiro atoms. The molecule has 0 saturated heterocycles. The Balaban J connectivity index is 2.31. The van der Waals surface area contributed by atoms with Crippen molar-refractivity contribution in [3.63, 3.8) is 0 Å². The van der Waals surface area contributed by atoms with Gasteiger partial charge in [-0.15, -0.1) is 0 Å². The first-order valence-corrected chi connectivity index (χ1v) is 4.90. The minimum Gasteiger partial charge on any atom is -0.381 e. The van der Waals surface area contributed by atoms with Gasteiger partial charge in [0, 0.05) is 6.54 Å². The molecule has 13 heavy (non-hydrogen) atoms. The first kappa shape index (κ1) is 10.5. The van der Waals surface area contributed by atoms with Crippen LogP contribution in [-0.4, -0.2) is 23.2 Å². The molecule has 1 saturated carbocycles. The number of hydrogen-bond donors (Lipinski definition) is 2. The summed E-state index contributed by atoms with van der Waals surface area (Å²) in [5.74, 6) is -0.271. The third-order valence-electron chi connectivity index (χ3n) is 2.89. The number of carbonyl (C=O) groups is 1. The molecule has 3 nitrogen and oxygen atoms in total. The molecule has 0 atom stereocenters. The Morgan fingerprint density at radius 2 is 2.08 bits per heavy atom. The summed E-state index contributed by atoms with van der Waals surface area (Å²) in [6, 6.07) is 0. The third kappa shape index (κ3) is 2.69. The van der Waals surface area contributed by atoms with Crippen LogP contribution in [0, 0.1) is 5.41 Å². The molecule has 3 heteroatoms. The normalized spacial score (nSPS) is 19.7. The highest BCUT2D eigenvalue weighted by molar-refractivity contribution is 5.83. The average Bonchev–Trinajstić information content (AvgIpc) is 2.79. The molecule has 1 fully saturated rings. The van der Waals surface area contributed by atoms with Gasteiger partial charge in [0.05, 0.1) is 0 Å². The Morgan fingerprint density at radius 1 is 1.54 bits per heavy atom. The summed E-state index contributed by atoms with van der Waals surface area (Å²) in [6.07, 6.45) is 3.52. The van der Waals surface area contributed by atoms with Crippen LogP contribution in [0.1, 0.15) is 40.0 Å². The number of rotatable bonds is 4. The van der Waals surface area contributed by atoms with Gasteiger partial charge in [0.2, 0.25) is 0 Å². The average molecular weight is 185 g/mol. The number of aliphatic hydroxyl groups is 1. The second-order valence-electron chi connectivity index (χ2n) is 4.60. The van der Waals surface area contributed by atoms with Gasteiger partial charge in [0.1, 0.15) is 5.60 Å². The number of hydrogen-bond acceptors (Lipinski definition) is 2. The van der Waals surface area contributed by atoms with Crippen molar-refractivity contribution < 1.29 is 9.90 Å². The van der Waals surface area contributed by atoms with Gasteiger partial charge in [-0.3, -0.25) is 4.79 Å². The smallest absolute Gasteiger partial charge is 0.251 e. The van der Waals surface area contributed by atoms with Crippen LogP contribution in [0.25, 0.3) is 0 Å². The second-order valence-corrected chi connectivity index (χ2v) is 4.60. The van der Waals surface area contributed by atoms with E-state index in [0.29, 0.717) is 12.0 Å². The molecule has 0 aromatic heterocycles. The van der Waals surface area contributed by atoms with Crippen molar-refractivity contribution in [2.45, 2.75) is 45.6 Å². The molecule has 0 heterocycles. The first-order chi connectivity index (χ1) is 5.90. The number of nitrogens with one attached hydrogen (secondary N) is 1. The van der Waals surface area contributed by atoms with Crippen molar-refractivity contribution in [2.75, 3.05) is 6.54 Å². The molecule has 1 amide bonds. The lowest BCUT2D eigenvalue weighted by Crippen LogP contribution is -2.44. The summed E-state index contributed by atoms with van der Waals surface area (Å²) in [7, 11) is 0. The predicted octanol–water partition coefficient (Wildman–Crippen LogP) is 1.06. The Labute approximate surface area is 79.5 Å². The molecule has 1 rings (SSSR count). The fourth-order valence-electron chi connectivity index (χ4n) is 1.32. The molecule has 0 unspecified atom stereocenters. The van der Waals surface area contributed by atoms with Crippen LogP contribution >= 0.6 is 0 Å². The fraction of sp³-hybridized carbons (Fsp3) is 0.900. The van der Waals surface area contributed by atoms with E-state index in [0.717, 1.165) is 6.42 Å². The number of carbonyl (C=O) groups excluding carboxylic acids is 1. The molecule has 76 valence electrons. The Hall–Kier alpha value is -0.570. The van der Waals surface area contributed by atoms with Crippen LogP contribution in [0.2, 0.25) is 0 Å². The van der Waals surface area contributed by atoms with Crippen molar-refractivity contribution in [3.8, 4) is 0 Å². The molecule has 0 radical (unpaired) electrons. The van der Waals surface area contributed by atoms with E-state index in [1.54, 1.807) is 0 Å². The molecule has 0 aromatic carbocycles. The van der Waals surface area contributed by atoms with Gasteiger partial charge in [-0.05, 0) is 38.5 Å². The third-order valence-corrected chi connectivity index (χ3v) is 2.89. The van der Waals surface area contributed by atoms with Crippen LogP contribution in [0.4, 0.5) is 0 Å². The van der Waals surface area contributed by atoms with Crippen molar-refractivity contribution in [2.24, 2.45) is 5.41 Å². The second kappa shape index (κ2) is 3.29. The van der Waals surface area contributed by atoms with Crippen LogP contribution < -0.4 is 5.32 Å². The highest BCUT2D eigenvalue weighted by atomic mass is 16.3. The summed E-state index contributed by atoms with van der Waals surface area (Å²) in [5.41, 5.74) is -0.898. The van der Waals surface area contributed by atoms with Crippen LogP contribution in [0.15, 0.2) is 0 Å². The van der Waals surface area contributed by atoms with Crippen molar-refractivity contribution >= 4 is 5.91 Å². The van der Waals surface area contributed by atoms with E-state index in [-0.39, 0.29) is 5.91 Å². The van der Waals surface area contributed by atoms with Gasteiger partial charge < -0.3 is 10.4 Å². The SMILES string of the molecule is CCC1(CNC(=O)C(C)(C)O)CC1. The molecule has 0 aliphatic heterocycles. The molecular weight excluding hydrogens is 166 g/mol. The molecule has 0 aromatic rings. The molecule has 0 bridgehead atoms. The van der Waals surface area contributed by atoms with Gasteiger partial charge in [0.25, 0.3) is 5.91 Å². The summed E-state index contributed by atoms with van der Waals surface area (Å²) in [6.45, 7) is 5.87. The van der Waals surface area contributed by atoms with E-state index in [1.807, 2.05) is 0 Å². The summed E-state index contributed by atoms with van der Waals surface area (Å²) >= 11 is 0. The standard InChI is InChI=1S/C10H19NO2/c1-4-10(5-6-10)7-11-8(12)9(2,3)13/h13H,4-7H2,1-3H3,(H,11,12). The Bertz CT molecular complexity index is 201. The zero-order valence-electron chi connectivity index (χ0n) is 8.68. The largest absolute Gasteiger partial charge is 0.381 e. The lowest BCUT2D eigenvalue weighted by atomic mass is 10.0. The quantitative estimate of drug-likeness (QED) is 0.688. The van der Waals surface area contributed by atoms with Crippen LogP contribution in [0.5, 0.6) is 0 Å². The maximum atomic E-state index is 11.3. The molecular formula is C10H19NO2. The van der Waals surface area contributed by atoms with Crippen molar-refractivity contribution in [3.05, 3.63) is 0 Å². The maximum Gasteiger partial charge on any atom is 0.251 e. The highest BCUT2D eigenvalue weighted by Crippen LogP contribution is 2.47. The van der Waals surface area contributed by atoms with E-state index in [1.165, 1.54) is 26.7 Å². The van der Waals surface area contributed by atoms with Crippen molar-refractivity contribution in [1.82, 2.24) is 5.32 Å². The van der Waals surface area contributed by atoms with Gasteiger partial charge in [0.15, 0.2) is 0 Å². The lowest BCUT2D eigenvalue weighted by molar-refractivity contribution is -0.136. The summed E-state index contributed by atoms with van der Waals surface area (Å²) < 4.78 is 0. The van der Waals surface area contributed by atoms with Gasteiger partial charge in [-0.25, -0.2) is 0 Å². The Kier molecular flexibility index (Phi) is 2.66. The minimum atomic E-state index is -1.25. The minimum absolute atomic E-state index is 0.271. The topological polar surface area (TPSA) is 49.3 Å². The van der Waals surface area contributed by atoms with E-state index in [9.17, 15) is 9.90 Å². The maximum absolute atomic E-state index is 11.3. The van der Waals surface area contributed by atoms with E-state index < -0.39 is 5.60 Å². The monoisotopic (exact) mass is 185 g/mol. The van der Waals surface area contributed by atoms with Crippen molar-refractivity contribution in [1.29, 1.82) is 0 Å². The van der Waals surface area contributed by atoms with Gasteiger partial charge >= 0.3 is 0 Å². The van der Waals surface area contributed by atoms with E-state index in [2.05, 4.69) is 12.2 Å². The predicted molar refractivity (Wildman–Crippen MR) is 51.3 cm³/mol. The Morgan fingerprint density at radius 3 is 2.38 bits per heavy atom. The molecule has 2 N–H and O–H groups in total. The van der Waals surface area contributed by atoms with E-state index in [4.69, 9.17) is 0 Å². The summed E-state index contributed by atoms with van der Waals surface area (Å²) in [5, 5.41) is 12.2. The zero-order valence-corrected chi connectivity index (χ0v) is 8.68. The molecule has 1 aliphatic rings.